The maximum Gasteiger partial charge on any atom is 0.284 e. The Morgan fingerprint density at radius 1 is 1.45 bits per heavy atom. The first-order valence-electron chi connectivity index (χ1n) is 6.72. The standard InChI is InChI=1S/C14H17BrN2O3/c1-9-3-2-4-11(7-9)16-14(18)10-5-6-12(15)13(8-10)17(19)20/h5-6,8-9,11H,2-4,7H2,1H3,(H,16,18). The van der Waals surface area contributed by atoms with E-state index in [1.54, 1.807) is 6.07 Å². The number of carbonyl (C=O) groups is 1. The molecule has 0 aliphatic heterocycles. The molecule has 1 aliphatic carbocycles. The molecule has 0 saturated heterocycles. The molecule has 1 aliphatic rings. The molecule has 1 amide bonds. The van der Waals surface area contributed by atoms with Gasteiger partial charge in [0.15, 0.2) is 0 Å². The number of nitrogens with one attached hydrogen (secondary N) is 1. The monoisotopic (exact) mass is 340 g/mol. The van der Waals surface area contributed by atoms with Crippen molar-refractivity contribution in [3.63, 3.8) is 0 Å². The average molecular weight is 341 g/mol. The van der Waals surface area contributed by atoms with E-state index in [1.165, 1.54) is 18.6 Å². The smallest absolute Gasteiger partial charge is 0.284 e. The highest BCUT2D eigenvalue weighted by atomic mass is 79.9. The molecule has 2 atom stereocenters. The number of nitro benzene ring substituents is 1. The Morgan fingerprint density at radius 3 is 2.85 bits per heavy atom. The van der Waals surface area contributed by atoms with Crippen molar-refractivity contribution in [1.82, 2.24) is 5.32 Å². The van der Waals surface area contributed by atoms with Crippen LogP contribution in [0.3, 0.4) is 0 Å². The van der Waals surface area contributed by atoms with E-state index in [2.05, 4.69) is 28.2 Å². The number of rotatable bonds is 3. The Bertz CT molecular complexity index is 533. The third-order valence-electron chi connectivity index (χ3n) is 3.68. The molecule has 20 heavy (non-hydrogen) atoms. The molecule has 0 bridgehead atoms. The van der Waals surface area contributed by atoms with Crippen LogP contribution < -0.4 is 5.32 Å². The maximum absolute atomic E-state index is 12.2. The fourth-order valence-electron chi connectivity index (χ4n) is 2.63. The second-order valence-corrected chi connectivity index (χ2v) is 6.22. The molecule has 2 unspecified atom stereocenters. The number of halogens is 1. The summed E-state index contributed by atoms with van der Waals surface area (Å²) >= 11 is 3.11. The molecule has 1 N–H and O–H groups in total. The van der Waals surface area contributed by atoms with Gasteiger partial charge in [-0.15, -0.1) is 0 Å². The third-order valence-corrected chi connectivity index (χ3v) is 4.35. The van der Waals surface area contributed by atoms with Gasteiger partial charge in [0.05, 0.1) is 9.40 Å². The Labute approximate surface area is 126 Å². The molecular formula is C14H17BrN2O3. The first-order chi connectivity index (χ1) is 9.47. The van der Waals surface area contributed by atoms with E-state index in [1.807, 2.05) is 0 Å². The van der Waals surface area contributed by atoms with Crippen LogP contribution in [0.5, 0.6) is 0 Å². The van der Waals surface area contributed by atoms with Crippen molar-refractivity contribution in [2.24, 2.45) is 5.92 Å². The lowest BCUT2D eigenvalue weighted by Crippen LogP contribution is -2.37. The predicted octanol–water partition coefficient (Wildman–Crippen LogP) is 3.67. The van der Waals surface area contributed by atoms with Crippen molar-refractivity contribution < 1.29 is 9.72 Å². The molecule has 2 rings (SSSR count). The van der Waals surface area contributed by atoms with E-state index < -0.39 is 4.92 Å². The van der Waals surface area contributed by atoms with Crippen LogP contribution in [-0.4, -0.2) is 16.9 Å². The summed E-state index contributed by atoms with van der Waals surface area (Å²) in [4.78, 5) is 22.5. The van der Waals surface area contributed by atoms with Crippen LogP contribution in [0.25, 0.3) is 0 Å². The lowest BCUT2D eigenvalue weighted by molar-refractivity contribution is -0.385. The summed E-state index contributed by atoms with van der Waals surface area (Å²) in [5.41, 5.74) is 0.243. The fourth-order valence-corrected chi connectivity index (χ4v) is 3.02. The zero-order valence-corrected chi connectivity index (χ0v) is 12.9. The van der Waals surface area contributed by atoms with Gasteiger partial charge in [-0.25, -0.2) is 0 Å². The number of hydrogen-bond donors (Lipinski definition) is 1. The van der Waals surface area contributed by atoms with Gasteiger partial charge in [-0.3, -0.25) is 14.9 Å². The van der Waals surface area contributed by atoms with Gasteiger partial charge in [0.1, 0.15) is 0 Å². The third kappa shape index (κ3) is 3.56. The summed E-state index contributed by atoms with van der Waals surface area (Å²) < 4.78 is 0.380. The van der Waals surface area contributed by atoms with Crippen LogP contribution in [0.15, 0.2) is 22.7 Å². The molecule has 1 aromatic rings. The topological polar surface area (TPSA) is 72.2 Å². The highest BCUT2D eigenvalue weighted by molar-refractivity contribution is 9.10. The molecule has 108 valence electrons. The van der Waals surface area contributed by atoms with Gasteiger partial charge in [0, 0.05) is 17.7 Å². The molecule has 6 heteroatoms. The summed E-state index contributed by atoms with van der Waals surface area (Å²) in [5.74, 6) is 0.382. The van der Waals surface area contributed by atoms with Crippen molar-refractivity contribution in [3.05, 3.63) is 38.3 Å². The van der Waals surface area contributed by atoms with Crippen molar-refractivity contribution in [3.8, 4) is 0 Å². The molecule has 1 saturated carbocycles. The van der Waals surface area contributed by atoms with Crippen LogP contribution in [0.1, 0.15) is 43.0 Å². The van der Waals surface area contributed by atoms with E-state index in [-0.39, 0.29) is 17.6 Å². The minimum atomic E-state index is -0.496. The Hall–Kier alpha value is -1.43. The molecule has 0 radical (unpaired) electrons. The van der Waals surface area contributed by atoms with Crippen LogP contribution in [0.2, 0.25) is 0 Å². The number of nitro groups is 1. The summed E-state index contributed by atoms with van der Waals surface area (Å²) in [5, 5.41) is 13.8. The molecule has 0 spiro atoms. The van der Waals surface area contributed by atoms with E-state index in [0.717, 1.165) is 19.3 Å². The summed E-state index contributed by atoms with van der Waals surface area (Å²) in [6, 6.07) is 4.62. The highest BCUT2D eigenvalue weighted by Crippen LogP contribution is 2.27. The van der Waals surface area contributed by atoms with Gasteiger partial charge in [0.2, 0.25) is 0 Å². The van der Waals surface area contributed by atoms with E-state index >= 15 is 0 Å². The predicted molar refractivity (Wildman–Crippen MR) is 79.7 cm³/mol. The van der Waals surface area contributed by atoms with Crippen LogP contribution in [0.4, 0.5) is 5.69 Å². The van der Waals surface area contributed by atoms with Gasteiger partial charge >= 0.3 is 0 Å². The van der Waals surface area contributed by atoms with Crippen molar-refractivity contribution in [2.45, 2.75) is 38.6 Å². The lowest BCUT2D eigenvalue weighted by atomic mass is 9.87. The summed E-state index contributed by atoms with van der Waals surface area (Å²) in [6.07, 6.45) is 4.28. The summed E-state index contributed by atoms with van der Waals surface area (Å²) in [6.45, 7) is 2.18. The Kier molecular flexibility index (Phi) is 4.75. The normalized spacial score (nSPS) is 22.3. The molecule has 1 fully saturated rings. The zero-order valence-electron chi connectivity index (χ0n) is 11.3. The Balaban J connectivity index is 2.09. The second-order valence-electron chi connectivity index (χ2n) is 5.37. The quantitative estimate of drug-likeness (QED) is 0.673. The van der Waals surface area contributed by atoms with Gasteiger partial charge in [0.25, 0.3) is 11.6 Å². The minimum Gasteiger partial charge on any atom is -0.349 e. The number of carbonyl (C=O) groups excluding carboxylic acids is 1. The summed E-state index contributed by atoms with van der Waals surface area (Å²) in [7, 11) is 0. The molecule has 0 aromatic heterocycles. The maximum atomic E-state index is 12.2. The lowest BCUT2D eigenvalue weighted by Gasteiger charge is -2.27. The van der Waals surface area contributed by atoms with Crippen LogP contribution >= 0.6 is 15.9 Å². The largest absolute Gasteiger partial charge is 0.349 e. The SMILES string of the molecule is CC1CCCC(NC(=O)c2ccc(Br)c([N+](=O)[O-])c2)C1. The van der Waals surface area contributed by atoms with E-state index in [4.69, 9.17) is 0 Å². The average Bonchev–Trinajstić information content (AvgIpc) is 2.38. The van der Waals surface area contributed by atoms with Crippen molar-refractivity contribution in [2.75, 3.05) is 0 Å². The van der Waals surface area contributed by atoms with Gasteiger partial charge < -0.3 is 5.32 Å². The number of nitrogens with zero attached hydrogens (tertiary/aromatic N) is 1. The van der Waals surface area contributed by atoms with Crippen molar-refractivity contribution in [1.29, 1.82) is 0 Å². The van der Waals surface area contributed by atoms with Gasteiger partial charge in [-0.05, 0) is 46.8 Å². The van der Waals surface area contributed by atoms with Crippen molar-refractivity contribution >= 4 is 27.5 Å². The van der Waals surface area contributed by atoms with Crippen LogP contribution in [-0.2, 0) is 0 Å². The Morgan fingerprint density at radius 2 is 2.20 bits per heavy atom. The van der Waals surface area contributed by atoms with Gasteiger partial charge in [-0.1, -0.05) is 19.8 Å². The molecule has 5 nitrogen and oxygen atoms in total. The first kappa shape index (κ1) is 15.0. The van der Waals surface area contributed by atoms with Crippen LogP contribution in [0, 0.1) is 16.0 Å². The fraction of sp³-hybridized carbons (Fsp3) is 0.500. The highest BCUT2D eigenvalue weighted by Gasteiger charge is 2.22. The van der Waals surface area contributed by atoms with E-state index in [9.17, 15) is 14.9 Å². The number of hydrogen-bond acceptors (Lipinski definition) is 3. The molecule has 0 heterocycles. The number of benzene rings is 1. The van der Waals surface area contributed by atoms with Gasteiger partial charge in [-0.2, -0.15) is 0 Å². The molecular weight excluding hydrogens is 324 g/mol. The minimum absolute atomic E-state index is 0.0883. The molecule has 1 aromatic carbocycles. The first-order valence-corrected chi connectivity index (χ1v) is 7.51. The second kappa shape index (κ2) is 6.35. The zero-order chi connectivity index (χ0) is 14.7. The number of amides is 1. The van der Waals surface area contributed by atoms with E-state index in [0.29, 0.717) is 16.0 Å².